The molecule has 0 fully saturated rings. The van der Waals surface area contributed by atoms with Crippen LogP contribution in [0.4, 0.5) is 12.9 Å². The summed E-state index contributed by atoms with van der Waals surface area (Å²) in [5.74, 6) is 0. The summed E-state index contributed by atoms with van der Waals surface area (Å²) < 4.78 is 37.3. The fraction of sp³-hybridized carbons (Fsp3) is 0.100. The fourth-order valence-electron chi connectivity index (χ4n) is 1.51. The Kier molecular flexibility index (Phi) is 4.59. The molecule has 16 heavy (non-hydrogen) atoms. The third-order valence-corrected chi connectivity index (χ3v) is 2.31. The summed E-state index contributed by atoms with van der Waals surface area (Å²) >= 11 is 0. The molecule has 0 radical (unpaired) electrons. The van der Waals surface area contributed by atoms with E-state index in [1.54, 1.807) is 12.1 Å². The van der Waals surface area contributed by atoms with Crippen molar-refractivity contribution in [1.82, 2.24) is 4.98 Å². The van der Waals surface area contributed by atoms with Gasteiger partial charge < -0.3 is 12.9 Å². The second-order valence-corrected chi connectivity index (χ2v) is 3.49. The monoisotopic (exact) mass is 249 g/mol. The maximum atomic E-state index is 12.4. The van der Waals surface area contributed by atoms with Gasteiger partial charge in [0.1, 0.15) is 0 Å². The van der Waals surface area contributed by atoms with Gasteiger partial charge in [-0.05, 0) is 17.9 Å². The van der Waals surface area contributed by atoms with E-state index in [1.165, 1.54) is 0 Å². The molecule has 2 aromatic rings. The van der Waals surface area contributed by atoms with Crippen molar-refractivity contribution >= 4 is 23.3 Å². The van der Waals surface area contributed by atoms with Crippen molar-refractivity contribution in [1.29, 1.82) is 0 Å². The summed E-state index contributed by atoms with van der Waals surface area (Å²) in [5.41, 5.74) is 0.864. The molecule has 0 spiro atoms. The molecule has 1 aromatic heterocycles. The van der Waals surface area contributed by atoms with Gasteiger partial charge in [-0.3, -0.25) is 4.98 Å². The number of pyridine rings is 1. The van der Waals surface area contributed by atoms with E-state index in [4.69, 9.17) is 0 Å². The first-order valence-corrected chi connectivity index (χ1v) is 4.54. The molecule has 0 saturated heterocycles. The number of benzene rings is 1. The number of hydrogen-bond acceptors (Lipinski definition) is 1. The van der Waals surface area contributed by atoms with E-state index in [9.17, 15) is 12.9 Å². The van der Waals surface area contributed by atoms with Crippen molar-refractivity contribution in [2.24, 2.45) is 0 Å². The third kappa shape index (κ3) is 2.87. The molecular formula is C10H8BF3KN. The molecule has 1 nitrogen and oxygen atoms in total. The van der Waals surface area contributed by atoms with Crippen molar-refractivity contribution in [2.45, 2.75) is 6.92 Å². The normalized spacial score (nSPS) is 11.2. The predicted octanol–water partition coefficient (Wildman–Crippen LogP) is -0.398. The van der Waals surface area contributed by atoms with Crippen LogP contribution in [0.15, 0.2) is 30.5 Å². The fourth-order valence-corrected chi connectivity index (χ4v) is 1.51. The minimum Gasteiger partial charge on any atom is -0.445 e. The van der Waals surface area contributed by atoms with Crippen LogP contribution in [0.3, 0.4) is 0 Å². The smallest absolute Gasteiger partial charge is 0.445 e. The van der Waals surface area contributed by atoms with E-state index >= 15 is 0 Å². The number of fused-ring (bicyclic) bond motifs is 1. The number of halogens is 3. The second kappa shape index (κ2) is 5.18. The molecule has 0 aliphatic carbocycles. The quantitative estimate of drug-likeness (QED) is 0.627. The predicted molar refractivity (Wildman–Crippen MR) is 55.2 cm³/mol. The van der Waals surface area contributed by atoms with Gasteiger partial charge in [0, 0.05) is 6.20 Å². The van der Waals surface area contributed by atoms with Gasteiger partial charge in [0.15, 0.2) is 0 Å². The van der Waals surface area contributed by atoms with Crippen LogP contribution in [-0.4, -0.2) is 12.0 Å². The summed E-state index contributed by atoms with van der Waals surface area (Å²) in [5, 5.41) is 0.534. The zero-order chi connectivity index (χ0) is 11.1. The summed E-state index contributed by atoms with van der Waals surface area (Å²) in [4.78, 5) is 3.84. The van der Waals surface area contributed by atoms with Gasteiger partial charge in [-0.15, -0.1) is 0 Å². The van der Waals surface area contributed by atoms with E-state index < -0.39 is 12.4 Å². The third-order valence-electron chi connectivity index (χ3n) is 2.31. The largest absolute Gasteiger partial charge is 1.00 e. The van der Waals surface area contributed by atoms with Crippen LogP contribution >= 0.6 is 0 Å². The van der Waals surface area contributed by atoms with E-state index in [2.05, 4.69) is 4.98 Å². The summed E-state index contributed by atoms with van der Waals surface area (Å²) in [6.07, 6.45) is 0.898. The van der Waals surface area contributed by atoms with Crippen LogP contribution in [0.2, 0.25) is 0 Å². The van der Waals surface area contributed by atoms with Gasteiger partial charge in [0.25, 0.3) is 0 Å². The van der Waals surface area contributed by atoms with Crippen LogP contribution in [0.5, 0.6) is 0 Å². The molecule has 1 aromatic carbocycles. The van der Waals surface area contributed by atoms with Crippen LogP contribution < -0.4 is 56.8 Å². The first-order valence-electron chi connectivity index (χ1n) is 4.54. The Balaban J connectivity index is 0.00000128. The zero-order valence-corrected chi connectivity index (χ0v) is 12.2. The van der Waals surface area contributed by atoms with Crippen LogP contribution in [0, 0.1) is 6.92 Å². The standard InChI is InChI=1S/C10H8BF3N.K/c1-7-3-2-4-8-5-9(11(12,13)14)6-15-10(7)8;/h2-6H,1H3;/q-1;+1. The molecular weight excluding hydrogens is 241 g/mol. The average molecular weight is 249 g/mol. The first kappa shape index (κ1) is 14.2. The Hall–Kier alpha value is 0.121. The van der Waals surface area contributed by atoms with Crippen LogP contribution in [0.1, 0.15) is 5.56 Å². The van der Waals surface area contributed by atoms with Crippen LogP contribution in [0.25, 0.3) is 10.9 Å². The number of para-hydroxylation sites is 1. The van der Waals surface area contributed by atoms with Crippen molar-refractivity contribution in [3.05, 3.63) is 36.0 Å². The Morgan fingerprint density at radius 2 is 1.88 bits per heavy atom. The number of hydrogen-bond donors (Lipinski definition) is 0. The maximum Gasteiger partial charge on any atom is 1.00 e. The second-order valence-electron chi connectivity index (χ2n) is 3.49. The minimum atomic E-state index is -4.96. The van der Waals surface area contributed by atoms with Gasteiger partial charge in [0.05, 0.1) is 5.52 Å². The maximum absolute atomic E-state index is 12.4. The number of rotatable bonds is 1. The molecule has 0 amide bonds. The van der Waals surface area contributed by atoms with Crippen molar-refractivity contribution in [2.75, 3.05) is 0 Å². The number of aromatic nitrogens is 1. The van der Waals surface area contributed by atoms with Crippen LogP contribution in [-0.2, 0) is 0 Å². The van der Waals surface area contributed by atoms with Crippen molar-refractivity contribution in [3.8, 4) is 0 Å². The summed E-state index contributed by atoms with van der Waals surface area (Å²) in [6, 6.07) is 6.34. The molecule has 0 aliphatic heterocycles. The Bertz CT molecular complexity index is 513. The molecule has 0 saturated carbocycles. The molecule has 2 rings (SSSR count). The summed E-state index contributed by atoms with van der Waals surface area (Å²) in [7, 11) is 0. The van der Waals surface area contributed by atoms with E-state index in [0.717, 1.165) is 17.8 Å². The van der Waals surface area contributed by atoms with E-state index in [0.29, 0.717) is 10.9 Å². The molecule has 0 unspecified atom stereocenters. The molecule has 1 heterocycles. The molecule has 6 heteroatoms. The Labute approximate surface area is 134 Å². The van der Waals surface area contributed by atoms with Crippen molar-refractivity contribution in [3.63, 3.8) is 0 Å². The molecule has 0 atom stereocenters. The van der Waals surface area contributed by atoms with E-state index in [1.807, 2.05) is 13.0 Å². The van der Waals surface area contributed by atoms with Gasteiger partial charge in [0.2, 0.25) is 0 Å². The summed E-state index contributed by atoms with van der Waals surface area (Å²) in [6.45, 7) is -3.13. The first-order chi connectivity index (χ1) is 6.98. The van der Waals surface area contributed by atoms with Gasteiger partial charge >= 0.3 is 58.4 Å². The molecule has 78 valence electrons. The Morgan fingerprint density at radius 3 is 2.50 bits per heavy atom. The number of nitrogens with zero attached hydrogens (tertiary/aromatic N) is 1. The minimum absolute atomic E-state index is 0. The molecule has 0 bridgehead atoms. The molecule has 0 aliphatic rings. The Morgan fingerprint density at radius 1 is 1.19 bits per heavy atom. The van der Waals surface area contributed by atoms with E-state index in [-0.39, 0.29) is 51.4 Å². The van der Waals surface area contributed by atoms with Gasteiger partial charge in [-0.25, -0.2) is 0 Å². The molecule has 0 N–H and O–H groups in total. The topological polar surface area (TPSA) is 12.9 Å². The zero-order valence-electron chi connectivity index (χ0n) is 9.05. The van der Waals surface area contributed by atoms with Gasteiger partial charge in [-0.2, -0.15) is 0 Å². The average Bonchev–Trinajstić information content (AvgIpc) is 2.16. The number of aryl methyl sites for hydroxylation is 1. The van der Waals surface area contributed by atoms with Crippen molar-refractivity contribution < 1.29 is 64.3 Å². The van der Waals surface area contributed by atoms with Gasteiger partial charge in [-0.1, -0.05) is 29.7 Å². The SMILES string of the molecule is Cc1cccc2cc([B-](F)(F)F)cnc12.[K+].